The lowest BCUT2D eigenvalue weighted by Gasteiger charge is -2.07. The van der Waals surface area contributed by atoms with Crippen LogP contribution in [0.25, 0.3) is 0 Å². The molecule has 0 aromatic heterocycles. The Morgan fingerprint density at radius 1 is 1.04 bits per heavy atom. The number of hydrogen-bond acceptors (Lipinski definition) is 3. The number of aryl methyl sites for hydroxylation is 1. The van der Waals surface area contributed by atoms with E-state index in [1.807, 2.05) is 56.3 Å². The average molecular weight is 331 g/mol. The van der Waals surface area contributed by atoms with Crippen LogP contribution in [0, 0.1) is 6.92 Å². The Labute approximate surface area is 137 Å². The number of nitrogens with zero attached hydrogens (tertiary/aromatic N) is 1. The molecule has 0 radical (unpaired) electrons. The number of sulfonamides is 1. The first-order valence-corrected chi connectivity index (χ1v) is 9.16. The Morgan fingerprint density at radius 3 is 2.35 bits per heavy atom. The minimum Gasteiger partial charge on any atom is -0.375 e. The van der Waals surface area contributed by atoms with Crippen molar-refractivity contribution in [3.63, 3.8) is 0 Å². The van der Waals surface area contributed by atoms with E-state index in [0.717, 1.165) is 11.1 Å². The molecule has 1 fully saturated rings. The van der Waals surface area contributed by atoms with Gasteiger partial charge in [0, 0.05) is 6.04 Å². The lowest BCUT2D eigenvalue weighted by atomic mass is 10.2. The summed E-state index contributed by atoms with van der Waals surface area (Å²) in [6.45, 7) is 4.78. The van der Waals surface area contributed by atoms with Crippen molar-refractivity contribution in [2.24, 2.45) is 0 Å². The van der Waals surface area contributed by atoms with Crippen molar-refractivity contribution >= 4 is 10.0 Å². The lowest BCUT2D eigenvalue weighted by molar-refractivity contribution is 0.118. The van der Waals surface area contributed by atoms with E-state index >= 15 is 0 Å². The first-order valence-electron chi connectivity index (χ1n) is 7.72. The molecule has 122 valence electrons. The second-order valence-electron chi connectivity index (χ2n) is 5.96. The van der Waals surface area contributed by atoms with E-state index in [0.29, 0.717) is 18.1 Å². The summed E-state index contributed by atoms with van der Waals surface area (Å²) in [6.07, 6.45) is 0. The van der Waals surface area contributed by atoms with E-state index in [9.17, 15) is 8.42 Å². The summed E-state index contributed by atoms with van der Waals surface area (Å²) >= 11 is 0. The molecule has 1 unspecified atom stereocenters. The molecule has 0 saturated carbocycles. The zero-order valence-corrected chi connectivity index (χ0v) is 14.2. The van der Waals surface area contributed by atoms with Gasteiger partial charge in [-0.2, -0.15) is 4.31 Å². The predicted octanol–water partition coefficient (Wildman–Crippen LogP) is 2.97. The highest BCUT2D eigenvalue weighted by Gasteiger charge is 2.52. The molecule has 1 heterocycles. The standard InChI is InChI=1S/C18H21NO3S/c1-14-8-10-17(11-9-14)23(20,21)19-15(2)18(19)13-22-12-16-6-4-3-5-7-16/h3-11,15,18H,12-13H2,1-2H3/t15-,18-,19?/m0/s1. The molecule has 0 N–H and O–H groups in total. The van der Waals surface area contributed by atoms with Crippen molar-refractivity contribution in [3.8, 4) is 0 Å². The van der Waals surface area contributed by atoms with Crippen LogP contribution in [0.15, 0.2) is 59.5 Å². The third-order valence-corrected chi connectivity index (χ3v) is 6.22. The van der Waals surface area contributed by atoms with Crippen LogP contribution in [-0.4, -0.2) is 31.4 Å². The zero-order valence-electron chi connectivity index (χ0n) is 13.3. The van der Waals surface area contributed by atoms with Crippen LogP contribution in [-0.2, 0) is 21.4 Å². The van der Waals surface area contributed by atoms with Gasteiger partial charge < -0.3 is 4.74 Å². The SMILES string of the molecule is Cc1ccc(S(=O)(=O)N2[C@@H](C)[C@@H]2COCc2ccccc2)cc1. The molecule has 5 heteroatoms. The highest BCUT2D eigenvalue weighted by Crippen LogP contribution is 2.35. The smallest absolute Gasteiger partial charge is 0.243 e. The number of ether oxygens (including phenoxy) is 1. The Morgan fingerprint density at radius 2 is 1.70 bits per heavy atom. The van der Waals surface area contributed by atoms with E-state index in [1.54, 1.807) is 12.1 Å². The summed E-state index contributed by atoms with van der Waals surface area (Å²) in [5.74, 6) is 0. The quantitative estimate of drug-likeness (QED) is 0.765. The minimum atomic E-state index is -3.42. The fourth-order valence-corrected chi connectivity index (χ4v) is 4.54. The normalized spacial score (nSPS) is 23.7. The van der Waals surface area contributed by atoms with Gasteiger partial charge in [0.05, 0.1) is 24.2 Å². The van der Waals surface area contributed by atoms with E-state index < -0.39 is 10.0 Å². The Bertz CT molecular complexity index is 757. The van der Waals surface area contributed by atoms with Gasteiger partial charge >= 0.3 is 0 Å². The van der Waals surface area contributed by atoms with Gasteiger partial charge in [-0.05, 0) is 31.5 Å². The molecule has 2 aromatic carbocycles. The monoisotopic (exact) mass is 331 g/mol. The first-order chi connectivity index (χ1) is 11.0. The van der Waals surface area contributed by atoms with Crippen molar-refractivity contribution in [1.82, 2.24) is 4.31 Å². The molecule has 23 heavy (non-hydrogen) atoms. The molecule has 3 atom stereocenters. The van der Waals surface area contributed by atoms with Crippen LogP contribution in [0.4, 0.5) is 0 Å². The fraction of sp³-hybridized carbons (Fsp3) is 0.333. The van der Waals surface area contributed by atoms with Gasteiger partial charge in [-0.1, -0.05) is 48.0 Å². The predicted molar refractivity (Wildman–Crippen MR) is 89.6 cm³/mol. The van der Waals surface area contributed by atoms with E-state index in [-0.39, 0.29) is 12.1 Å². The van der Waals surface area contributed by atoms with Gasteiger partial charge in [0.15, 0.2) is 0 Å². The Kier molecular flexibility index (Phi) is 4.53. The molecule has 3 rings (SSSR count). The average Bonchev–Trinajstić information content (AvgIpc) is 3.20. The summed E-state index contributed by atoms with van der Waals surface area (Å²) in [5.41, 5.74) is 2.14. The van der Waals surface area contributed by atoms with Gasteiger partial charge in [-0.3, -0.25) is 0 Å². The molecular formula is C18H21NO3S. The Balaban J connectivity index is 1.60. The highest BCUT2D eigenvalue weighted by atomic mass is 32.2. The molecule has 1 saturated heterocycles. The zero-order chi connectivity index (χ0) is 16.4. The van der Waals surface area contributed by atoms with Crippen LogP contribution < -0.4 is 0 Å². The van der Waals surface area contributed by atoms with Gasteiger partial charge in [0.25, 0.3) is 0 Å². The molecule has 0 spiro atoms. The van der Waals surface area contributed by atoms with Crippen LogP contribution in [0.2, 0.25) is 0 Å². The molecule has 1 aliphatic heterocycles. The van der Waals surface area contributed by atoms with Gasteiger partial charge in [0.2, 0.25) is 10.0 Å². The van der Waals surface area contributed by atoms with Crippen molar-refractivity contribution in [3.05, 3.63) is 65.7 Å². The summed E-state index contributed by atoms with van der Waals surface area (Å²) in [5, 5.41) is 0. The summed E-state index contributed by atoms with van der Waals surface area (Å²) in [6, 6.07) is 16.8. The number of hydrogen-bond donors (Lipinski definition) is 0. The number of rotatable bonds is 6. The largest absolute Gasteiger partial charge is 0.375 e. The maximum Gasteiger partial charge on any atom is 0.243 e. The molecular weight excluding hydrogens is 310 g/mol. The van der Waals surface area contributed by atoms with Gasteiger partial charge in [0.1, 0.15) is 0 Å². The third kappa shape index (κ3) is 3.47. The van der Waals surface area contributed by atoms with Crippen molar-refractivity contribution in [2.75, 3.05) is 6.61 Å². The van der Waals surface area contributed by atoms with E-state index in [2.05, 4.69) is 0 Å². The second-order valence-corrected chi connectivity index (χ2v) is 7.80. The lowest BCUT2D eigenvalue weighted by Crippen LogP contribution is -2.17. The summed E-state index contributed by atoms with van der Waals surface area (Å²) in [4.78, 5) is 0.348. The summed E-state index contributed by atoms with van der Waals surface area (Å²) < 4.78 is 32.5. The van der Waals surface area contributed by atoms with E-state index in [1.165, 1.54) is 4.31 Å². The Hall–Kier alpha value is -1.69. The van der Waals surface area contributed by atoms with Crippen molar-refractivity contribution < 1.29 is 13.2 Å². The van der Waals surface area contributed by atoms with Crippen LogP contribution >= 0.6 is 0 Å². The van der Waals surface area contributed by atoms with Crippen LogP contribution in [0.5, 0.6) is 0 Å². The van der Waals surface area contributed by atoms with Crippen LogP contribution in [0.1, 0.15) is 18.1 Å². The maximum absolute atomic E-state index is 12.6. The van der Waals surface area contributed by atoms with E-state index in [4.69, 9.17) is 4.74 Å². The first kappa shape index (κ1) is 16.2. The topological polar surface area (TPSA) is 46.4 Å². The molecule has 0 aliphatic carbocycles. The molecule has 1 aliphatic rings. The fourth-order valence-electron chi connectivity index (χ4n) is 2.70. The van der Waals surface area contributed by atoms with Crippen molar-refractivity contribution in [2.45, 2.75) is 37.4 Å². The second kappa shape index (κ2) is 6.43. The van der Waals surface area contributed by atoms with Crippen molar-refractivity contribution in [1.29, 1.82) is 0 Å². The highest BCUT2D eigenvalue weighted by molar-refractivity contribution is 7.89. The molecule has 2 aromatic rings. The van der Waals surface area contributed by atoms with Gasteiger partial charge in [-0.15, -0.1) is 0 Å². The van der Waals surface area contributed by atoms with Gasteiger partial charge in [-0.25, -0.2) is 8.42 Å². The number of benzene rings is 2. The third-order valence-electron chi connectivity index (χ3n) is 4.19. The molecule has 0 amide bonds. The molecule has 4 nitrogen and oxygen atoms in total. The maximum atomic E-state index is 12.6. The molecule has 0 bridgehead atoms. The van der Waals surface area contributed by atoms with Crippen LogP contribution in [0.3, 0.4) is 0 Å². The summed E-state index contributed by atoms with van der Waals surface area (Å²) in [7, 11) is -3.42. The minimum absolute atomic E-state index is 0.0166.